The summed E-state index contributed by atoms with van der Waals surface area (Å²) in [6.07, 6.45) is 2.76. The maximum atomic E-state index is 11.8. The van der Waals surface area contributed by atoms with Crippen molar-refractivity contribution in [1.82, 2.24) is 0 Å². The lowest BCUT2D eigenvalue weighted by molar-refractivity contribution is 0.322. The quantitative estimate of drug-likeness (QED) is 0.711. The summed E-state index contributed by atoms with van der Waals surface area (Å²) in [7, 11) is -2.79. The molecule has 1 fully saturated rings. The minimum atomic E-state index is -2.79. The highest BCUT2D eigenvalue weighted by Gasteiger charge is 2.39. The van der Waals surface area contributed by atoms with Crippen LogP contribution in [0.25, 0.3) is 0 Å². The molecule has 0 aliphatic heterocycles. The van der Waals surface area contributed by atoms with Crippen molar-refractivity contribution in [3.63, 3.8) is 0 Å². The Morgan fingerprint density at radius 2 is 1.79 bits per heavy atom. The van der Waals surface area contributed by atoms with Crippen molar-refractivity contribution in [1.29, 1.82) is 0 Å². The van der Waals surface area contributed by atoms with Crippen LogP contribution in [0.5, 0.6) is 0 Å². The van der Waals surface area contributed by atoms with Crippen molar-refractivity contribution >= 4 is 9.84 Å². The van der Waals surface area contributed by atoms with Crippen molar-refractivity contribution in [3.05, 3.63) is 0 Å². The fourth-order valence-electron chi connectivity index (χ4n) is 2.25. The number of hydrogen-bond donors (Lipinski definition) is 0. The van der Waals surface area contributed by atoms with Crippen molar-refractivity contribution < 1.29 is 8.42 Å². The summed E-state index contributed by atoms with van der Waals surface area (Å²) in [5, 5.41) is -0.00561. The minimum Gasteiger partial charge on any atom is -0.229 e. The lowest BCUT2D eigenvalue weighted by Gasteiger charge is -2.26. The van der Waals surface area contributed by atoms with Gasteiger partial charge >= 0.3 is 0 Å². The standard InChI is InChI=1S/C11H22O2S/c1-9(2)7-11(3,4)8-14(12,13)10-5-6-10/h9-10H,5-8H2,1-4H3. The van der Waals surface area contributed by atoms with Crippen LogP contribution in [-0.2, 0) is 9.84 Å². The molecule has 0 amide bonds. The Morgan fingerprint density at radius 3 is 2.14 bits per heavy atom. The molecule has 84 valence electrons. The Bertz CT molecular complexity index is 284. The van der Waals surface area contributed by atoms with Gasteiger partial charge < -0.3 is 0 Å². The van der Waals surface area contributed by atoms with Crippen molar-refractivity contribution in [2.45, 2.75) is 52.2 Å². The molecule has 0 spiro atoms. The van der Waals surface area contributed by atoms with Gasteiger partial charge in [0.05, 0.1) is 11.0 Å². The second-order valence-electron chi connectivity index (χ2n) is 5.77. The highest BCUT2D eigenvalue weighted by molar-refractivity contribution is 7.92. The van der Waals surface area contributed by atoms with Crippen LogP contribution < -0.4 is 0 Å². The van der Waals surface area contributed by atoms with E-state index >= 15 is 0 Å². The molecule has 0 aromatic heterocycles. The first kappa shape index (κ1) is 12.0. The van der Waals surface area contributed by atoms with E-state index in [0.29, 0.717) is 11.7 Å². The molecule has 0 atom stereocenters. The van der Waals surface area contributed by atoms with E-state index in [0.717, 1.165) is 19.3 Å². The third-order valence-electron chi connectivity index (χ3n) is 2.59. The molecule has 2 nitrogen and oxygen atoms in total. The zero-order valence-electron chi connectivity index (χ0n) is 9.71. The molecule has 0 bridgehead atoms. The lowest BCUT2D eigenvalue weighted by atomic mass is 9.86. The number of rotatable bonds is 5. The van der Waals surface area contributed by atoms with E-state index in [-0.39, 0.29) is 10.7 Å². The minimum absolute atomic E-state index is 0.00561. The van der Waals surface area contributed by atoms with E-state index in [1.807, 2.05) is 0 Å². The van der Waals surface area contributed by atoms with E-state index in [4.69, 9.17) is 0 Å². The van der Waals surface area contributed by atoms with Gasteiger partial charge in [0.25, 0.3) is 0 Å². The number of hydrogen-bond acceptors (Lipinski definition) is 2. The molecule has 14 heavy (non-hydrogen) atoms. The summed E-state index contributed by atoms with van der Waals surface area (Å²) in [5.41, 5.74) is -0.0599. The molecule has 1 saturated carbocycles. The zero-order valence-corrected chi connectivity index (χ0v) is 10.5. The maximum absolute atomic E-state index is 11.8. The summed E-state index contributed by atoms with van der Waals surface area (Å²) >= 11 is 0. The molecule has 0 radical (unpaired) electrons. The molecule has 1 aliphatic carbocycles. The molecule has 0 saturated heterocycles. The maximum Gasteiger partial charge on any atom is 0.153 e. The van der Waals surface area contributed by atoms with Crippen molar-refractivity contribution in [2.24, 2.45) is 11.3 Å². The van der Waals surface area contributed by atoms with Gasteiger partial charge in [0.15, 0.2) is 9.84 Å². The molecule has 0 aromatic rings. The van der Waals surface area contributed by atoms with Crippen LogP contribution in [0.2, 0.25) is 0 Å². The molecule has 1 aliphatic rings. The Labute approximate surface area is 88.0 Å². The van der Waals surface area contributed by atoms with E-state index in [9.17, 15) is 8.42 Å². The van der Waals surface area contributed by atoms with Gasteiger partial charge in [0.2, 0.25) is 0 Å². The summed E-state index contributed by atoms with van der Waals surface area (Å²) in [6, 6.07) is 0. The Kier molecular flexibility index (Phi) is 3.30. The largest absolute Gasteiger partial charge is 0.229 e. The van der Waals surface area contributed by atoms with Crippen LogP contribution in [-0.4, -0.2) is 19.4 Å². The molecule has 3 heteroatoms. The Balaban J connectivity index is 2.57. The average molecular weight is 218 g/mol. The van der Waals surface area contributed by atoms with Gasteiger partial charge in [-0.1, -0.05) is 27.7 Å². The van der Waals surface area contributed by atoms with Crippen LogP contribution in [0.15, 0.2) is 0 Å². The van der Waals surface area contributed by atoms with Gasteiger partial charge in [0.1, 0.15) is 0 Å². The highest BCUT2D eigenvalue weighted by Crippen LogP contribution is 2.35. The highest BCUT2D eigenvalue weighted by atomic mass is 32.2. The first-order chi connectivity index (χ1) is 6.23. The Hall–Kier alpha value is -0.0500. The van der Waals surface area contributed by atoms with E-state index in [1.165, 1.54) is 0 Å². The third-order valence-corrected chi connectivity index (χ3v) is 5.26. The topological polar surface area (TPSA) is 34.1 Å². The van der Waals surface area contributed by atoms with Crippen LogP contribution >= 0.6 is 0 Å². The predicted octanol–water partition coefficient (Wildman–Crippen LogP) is 2.64. The average Bonchev–Trinajstić information content (AvgIpc) is 2.57. The van der Waals surface area contributed by atoms with Gasteiger partial charge in [-0.15, -0.1) is 0 Å². The second kappa shape index (κ2) is 3.84. The molecular formula is C11H22O2S. The SMILES string of the molecule is CC(C)CC(C)(C)CS(=O)(=O)C1CC1. The van der Waals surface area contributed by atoms with Gasteiger partial charge in [-0.3, -0.25) is 0 Å². The van der Waals surface area contributed by atoms with Gasteiger partial charge in [-0.25, -0.2) is 8.42 Å². The summed E-state index contributed by atoms with van der Waals surface area (Å²) in [4.78, 5) is 0. The fraction of sp³-hybridized carbons (Fsp3) is 1.00. The van der Waals surface area contributed by atoms with Crippen LogP contribution in [0.3, 0.4) is 0 Å². The van der Waals surface area contributed by atoms with Crippen molar-refractivity contribution in [3.8, 4) is 0 Å². The van der Waals surface area contributed by atoms with Crippen LogP contribution in [0.4, 0.5) is 0 Å². The summed E-state index contributed by atoms with van der Waals surface area (Å²) in [6.45, 7) is 8.41. The van der Waals surface area contributed by atoms with Gasteiger partial charge in [-0.2, -0.15) is 0 Å². The Morgan fingerprint density at radius 1 is 1.29 bits per heavy atom. The summed E-state index contributed by atoms with van der Waals surface area (Å²) < 4.78 is 23.6. The molecule has 0 aromatic carbocycles. The van der Waals surface area contributed by atoms with E-state index in [1.54, 1.807) is 0 Å². The molecule has 0 unspecified atom stereocenters. The van der Waals surface area contributed by atoms with Gasteiger partial charge in [-0.05, 0) is 30.6 Å². The third kappa shape index (κ3) is 3.60. The molecular weight excluding hydrogens is 196 g/mol. The molecule has 0 heterocycles. The smallest absolute Gasteiger partial charge is 0.153 e. The first-order valence-corrected chi connectivity index (χ1v) is 7.16. The van der Waals surface area contributed by atoms with E-state index < -0.39 is 9.84 Å². The molecule has 1 rings (SSSR count). The predicted molar refractivity (Wildman–Crippen MR) is 60.0 cm³/mol. The van der Waals surface area contributed by atoms with E-state index in [2.05, 4.69) is 27.7 Å². The fourth-order valence-corrected chi connectivity index (χ4v) is 4.55. The normalized spacial score (nSPS) is 18.9. The summed E-state index contributed by atoms with van der Waals surface area (Å²) in [5.74, 6) is 0.933. The van der Waals surface area contributed by atoms with Crippen LogP contribution in [0.1, 0.15) is 47.0 Å². The molecule has 0 N–H and O–H groups in total. The van der Waals surface area contributed by atoms with Crippen molar-refractivity contribution in [2.75, 3.05) is 5.75 Å². The van der Waals surface area contributed by atoms with Crippen LogP contribution in [0, 0.1) is 11.3 Å². The zero-order chi connectivity index (χ0) is 11.0. The first-order valence-electron chi connectivity index (χ1n) is 5.44. The monoisotopic (exact) mass is 218 g/mol. The number of sulfone groups is 1. The second-order valence-corrected chi connectivity index (χ2v) is 8.05. The van der Waals surface area contributed by atoms with Gasteiger partial charge in [0, 0.05) is 0 Å². The lowest BCUT2D eigenvalue weighted by Crippen LogP contribution is -2.27.